The molecule has 0 radical (unpaired) electrons. The number of anilines is 2. The zero-order valence-corrected chi connectivity index (χ0v) is 20.3. The van der Waals surface area contributed by atoms with E-state index in [1.54, 1.807) is 11.8 Å². The van der Waals surface area contributed by atoms with Crippen LogP contribution in [0.2, 0.25) is 0 Å². The summed E-state index contributed by atoms with van der Waals surface area (Å²) in [4.78, 5) is 18.5. The van der Waals surface area contributed by atoms with Crippen molar-refractivity contribution in [2.24, 2.45) is 0 Å². The highest BCUT2D eigenvalue weighted by atomic mass is 32.2. The zero-order valence-electron chi connectivity index (χ0n) is 17.8. The minimum atomic E-state index is -3.71. The van der Waals surface area contributed by atoms with Gasteiger partial charge in [-0.3, -0.25) is 14.4 Å². The van der Waals surface area contributed by atoms with Crippen molar-refractivity contribution < 1.29 is 13.2 Å². The summed E-state index contributed by atoms with van der Waals surface area (Å²) < 4.78 is 29.0. The molecule has 1 aromatic heterocycles. The van der Waals surface area contributed by atoms with Crippen LogP contribution < -0.4 is 9.62 Å². The van der Waals surface area contributed by atoms with Crippen LogP contribution in [0.15, 0.2) is 76.5 Å². The number of benzene rings is 3. The van der Waals surface area contributed by atoms with Crippen LogP contribution in [0, 0.1) is 0 Å². The number of aryl methyl sites for hydroxylation is 1. The molecule has 0 aliphatic carbocycles. The van der Waals surface area contributed by atoms with Crippen LogP contribution in [0.25, 0.3) is 10.2 Å². The van der Waals surface area contributed by atoms with Crippen LogP contribution in [-0.2, 0) is 16.4 Å². The van der Waals surface area contributed by atoms with Gasteiger partial charge in [0.25, 0.3) is 15.9 Å². The van der Waals surface area contributed by atoms with Gasteiger partial charge in [-0.1, -0.05) is 29.5 Å². The SMILES string of the molecule is CSc1ccc2nc(NC(=O)c3ccc(S(=O)(=O)N4CCCc5ccccc54)cc3)sc2c1. The second kappa shape index (κ2) is 8.81. The van der Waals surface area contributed by atoms with Crippen LogP contribution >= 0.6 is 23.1 Å². The van der Waals surface area contributed by atoms with Crippen molar-refractivity contribution in [3.8, 4) is 0 Å². The number of nitrogens with one attached hydrogen (secondary N) is 1. The fourth-order valence-corrected chi connectivity index (χ4v) is 6.86. The van der Waals surface area contributed by atoms with Gasteiger partial charge in [0, 0.05) is 17.0 Å². The number of sulfonamides is 1. The Kier molecular flexibility index (Phi) is 5.86. The van der Waals surface area contributed by atoms with Crippen molar-refractivity contribution in [2.75, 3.05) is 22.4 Å². The fraction of sp³-hybridized carbons (Fsp3) is 0.167. The van der Waals surface area contributed by atoms with Gasteiger partial charge in [0.05, 0.1) is 20.8 Å². The number of nitrogens with zero attached hydrogens (tertiary/aromatic N) is 2. The molecule has 1 aliphatic rings. The lowest BCUT2D eigenvalue weighted by atomic mass is 10.0. The monoisotopic (exact) mass is 495 g/mol. The molecule has 0 unspecified atom stereocenters. The number of para-hydroxylation sites is 1. The second-order valence-corrected chi connectivity index (χ2v) is 11.4. The van der Waals surface area contributed by atoms with Crippen molar-refractivity contribution in [3.63, 3.8) is 0 Å². The molecular weight excluding hydrogens is 474 g/mol. The molecule has 0 atom stereocenters. The normalized spacial score (nSPS) is 13.7. The highest BCUT2D eigenvalue weighted by Crippen LogP contribution is 2.32. The molecule has 5 rings (SSSR count). The van der Waals surface area contributed by atoms with Gasteiger partial charge in [-0.05, 0) is 73.2 Å². The molecule has 9 heteroatoms. The minimum Gasteiger partial charge on any atom is -0.298 e. The first-order valence-electron chi connectivity index (χ1n) is 10.4. The first kappa shape index (κ1) is 21.9. The standard InChI is InChI=1S/C24H21N3O3S3/c1-31-18-10-13-20-22(15-18)32-24(25-20)26-23(28)17-8-11-19(12-9-17)33(29,30)27-14-4-6-16-5-2-3-7-21(16)27/h2-3,5,7-13,15H,4,6,14H2,1H3,(H,25,26,28). The molecule has 168 valence electrons. The van der Waals surface area contributed by atoms with E-state index >= 15 is 0 Å². The van der Waals surface area contributed by atoms with Gasteiger partial charge >= 0.3 is 0 Å². The summed E-state index contributed by atoms with van der Waals surface area (Å²) in [5.74, 6) is -0.327. The Morgan fingerprint density at radius 1 is 1.09 bits per heavy atom. The molecule has 0 fully saturated rings. The van der Waals surface area contributed by atoms with Crippen molar-refractivity contribution in [1.82, 2.24) is 4.98 Å². The van der Waals surface area contributed by atoms with Crippen molar-refractivity contribution in [1.29, 1.82) is 0 Å². The fourth-order valence-electron chi connectivity index (χ4n) is 3.91. The highest BCUT2D eigenvalue weighted by molar-refractivity contribution is 7.98. The molecule has 6 nitrogen and oxygen atoms in total. The molecule has 3 aromatic carbocycles. The number of rotatable bonds is 5. The van der Waals surface area contributed by atoms with Gasteiger partial charge in [0.2, 0.25) is 0 Å². The van der Waals surface area contributed by atoms with E-state index in [4.69, 9.17) is 0 Å². The Morgan fingerprint density at radius 2 is 1.88 bits per heavy atom. The third kappa shape index (κ3) is 4.23. The van der Waals surface area contributed by atoms with Crippen LogP contribution in [0.4, 0.5) is 10.8 Å². The summed E-state index contributed by atoms with van der Waals surface area (Å²) in [5, 5.41) is 3.33. The Balaban J connectivity index is 1.36. The van der Waals surface area contributed by atoms with Gasteiger partial charge < -0.3 is 0 Å². The molecular formula is C24H21N3O3S3. The minimum absolute atomic E-state index is 0.167. The molecule has 0 spiro atoms. The number of carbonyl (C=O) groups excluding carboxylic acids is 1. The van der Waals surface area contributed by atoms with Crippen LogP contribution in [0.1, 0.15) is 22.3 Å². The number of hydrogen-bond acceptors (Lipinski definition) is 6. The lowest BCUT2D eigenvalue weighted by Crippen LogP contribution is -2.35. The molecule has 4 aromatic rings. The summed E-state index contributed by atoms with van der Waals surface area (Å²) in [7, 11) is -3.71. The number of thioether (sulfide) groups is 1. The molecule has 33 heavy (non-hydrogen) atoms. The van der Waals surface area contributed by atoms with E-state index in [0.717, 1.165) is 39.2 Å². The van der Waals surface area contributed by atoms with E-state index in [1.807, 2.05) is 48.7 Å². The molecule has 1 amide bonds. The number of thiazole rings is 1. The molecule has 1 aliphatic heterocycles. The maximum absolute atomic E-state index is 13.3. The van der Waals surface area contributed by atoms with E-state index in [-0.39, 0.29) is 10.8 Å². The summed E-state index contributed by atoms with van der Waals surface area (Å²) in [6, 6.07) is 19.6. The van der Waals surface area contributed by atoms with Gasteiger partial charge in [-0.25, -0.2) is 13.4 Å². The third-order valence-electron chi connectivity index (χ3n) is 5.59. The molecule has 1 N–H and O–H groups in total. The Labute approximate surface area is 200 Å². The predicted molar refractivity (Wildman–Crippen MR) is 135 cm³/mol. The van der Waals surface area contributed by atoms with E-state index < -0.39 is 10.0 Å². The maximum atomic E-state index is 13.3. The predicted octanol–water partition coefficient (Wildman–Crippen LogP) is 5.41. The Morgan fingerprint density at radius 3 is 2.67 bits per heavy atom. The summed E-state index contributed by atoms with van der Waals surface area (Å²) >= 11 is 3.06. The quantitative estimate of drug-likeness (QED) is 0.375. The summed E-state index contributed by atoms with van der Waals surface area (Å²) in [5.41, 5.74) is 2.96. The number of carbonyl (C=O) groups is 1. The molecule has 0 bridgehead atoms. The van der Waals surface area contributed by atoms with E-state index in [0.29, 0.717) is 17.2 Å². The highest BCUT2D eigenvalue weighted by Gasteiger charge is 2.29. The lowest BCUT2D eigenvalue weighted by molar-refractivity contribution is 0.102. The van der Waals surface area contributed by atoms with E-state index in [9.17, 15) is 13.2 Å². The van der Waals surface area contributed by atoms with Gasteiger partial charge in [-0.2, -0.15) is 0 Å². The maximum Gasteiger partial charge on any atom is 0.264 e. The largest absolute Gasteiger partial charge is 0.298 e. The summed E-state index contributed by atoms with van der Waals surface area (Å²) in [6.45, 7) is 0.442. The van der Waals surface area contributed by atoms with Crippen molar-refractivity contribution >= 4 is 60.1 Å². The number of aromatic nitrogens is 1. The lowest BCUT2D eigenvalue weighted by Gasteiger charge is -2.30. The third-order valence-corrected chi connectivity index (χ3v) is 9.07. The topological polar surface area (TPSA) is 79.4 Å². The van der Waals surface area contributed by atoms with E-state index in [2.05, 4.69) is 10.3 Å². The smallest absolute Gasteiger partial charge is 0.264 e. The van der Waals surface area contributed by atoms with Crippen molar-refractivity contribution in [2.45, 2.75) is 22.6 Å². The Hall–Kier alpha value is -2.88. The van der Waals surface area contributed by atoms with Gasteiger partial charge in [0.15, 0.2) is 5.13 Å². The second-order valence-electron chi connectivity index (χ2n) is 7.64. The average molecular weight is 496 g/mol. The van der Waals surface area contributed by atoms with Crippen molar-refractivity contribution in [3.05, 3.63) is 77.9 Å². The number of fused-ring (bicyclic) bond motifs is 2. The first-order valence-corrected chi connectivity index (χ1v) is 13.9. The number of hydrogen-bond donors (Lipinski definition) is 1. The molecule has 2 heterocycles. The average Bonchev–Trinajstić information content (AvgIpc) is 3.25. The zero-order chi connectivity index (χ0) is 23.0. The van der Waals surface area contributed by atoms with Gasteiger partial charge in [0.1, 0.15) is 0 Å². The van der Waals surface area contributed by atoms with E-state index in [1.165, 1.54) is 39.9 Å². The Bertz CT molecular complexity index is 1450. The summed E-state index contributed by atoms with van der Waals surface area (Å²) in [6.07, 6.45) is 3.65. The van der Waals surface area contributed by atoms with Gasteiger partial charge in [-0.15, -0.1) is 11.8 Å². The molecule has 0 saturated carbocycles. The molecule has 0 saturated heterocycles. The van der Waals surface area contributed by atoms with Crippen LogP contribution in [0.5, 0.6) is 0 Å². The van der Waals surface area contributed by atoms with Crippen LogP contribution in [0.3, 0.4) is 0 Å². The first-order chi connectivity index (χ1) is 16.0. The van der Waals surface area contributed by atoms with Crippen LogP contribution in [-0.4, -0.2) is 32.1 Å². The number of amides is 1.